The summed E-state index contributed by atoms with van der Waals surface area (Å²) in [7, 11) is 0.00638. The molecule has 1 aliphatic rings. The van der Waals surface area contributed by atoms with Gasteiger partial charge in [0.1, 0.15) is 0 Å². The summed E-state index contributed by atoms with van der Waals surface area (Å²) in [5.74, 6) is 0.977. The Morgan fingerprint density at radius 3 is 1.76 bits per heavy atom. The smallest absolute Gasteiger partial charge is 0.434 e. The molecule has 0 bridgehead atoms. The molecule has 0 spiro atoms. The van der Waals surface area contributed by atoms with Crippen LogP contribution in [0, 0.1) is 17.8 Å². The van der Waals surface area contributed by atoms with Gasteiger partial charge in [0.05, 0.1) is 23.9 Å². The van der Waals surface area contributed by atoms with Crippen LogP contribution in [0.25, 0.3) is 0 Å². The molecular formula is C15H32B2O4. The van der Waals surface area contributed by atoms with Crippen molar-refractivity contribution in [3.63, 3.8) is 0 Å². The molecular weight excluding hydrogens is 266 g/mol. The number of aliphatic hydroxyl groups is 1. The molecule has 0 aliphatic carbocycles. The molecule has 1 heterocycles. The van der Waals surface area contributed by atoms with E-state index in [4.69, 9.17) is 14.0 Å². The van der Waals surface area contributed by atoms with Crippen LogP contribution >= 0.6 is 0 Å². The van der Waals surface area contributed by atoms with E-state index >= 15 is 0 Å². The van der Waals surface area contributed by atoms with Crippen LogP contribution in [0.15, 0.2) is 0 Å². The third kappa shape index (κ3) is 4.98. The summed E-state index contributed by atoms with van der Waals surface area (Å²) in [4.78, 5) is 0. The minimum atomic E-state index is -0.607. The Kier molecular flexibility index (Phi) is 6.79. The summed E-state index contributed by atoms with van der Waals surface area (Å²) < 4.78 is 17.9. The van der Waals surface area contributed by atoms with Gasteiger partial charge in [0, 0.05) is 0 Å². The fourth-order valence-electron chi connectivity index (χ4n) is 2.86. The molecule has 0 radical (unpaired) electrons. The van der Waals surface area contributed by atoms with Crippen LogP contribution in [0.3, 0.4) is 0 Å². The monoisotopic (exact) mass is 298 g/mol. The standard InChI is InChI=1S/C15H32B2O4/c1-9(2)12-13(10(3)4)20-17(19-12)16-21-15(7,8)14(18)11(5)6/h9-14,16,18H,1-8H3. The Hall–Kier alpha value is -0.0301. The highest BCUT2D eigenvalue weighted by Gasteiger charge is 2.44. The van der Waals surface area contributed by atoms with E-state index in [0.717, 1.165) is 0 Å². The van der Waals surface area contributed by atoms with Gasteiger partial charge in [-0.25, -0.2) is 0 Å². The van der Waals surface area contributed by atoms with Gasteiger partial charge in [0.2, 0.25) is 0 Å². The van der Waals surface area contributed by atoms with Crippen molar-refractivity contribution in [2.45, 2.75) is 79.3 Å². The number of aliphatic hydroxyl groups excluding tert-OH is 1. The van der Waals surface area contributed by atoms with Gasteiger partial charge in [-0.1, -0.05) is 41.5 Å². The van der Waals surface area contributed by atoms with Gasteiger partial charge in [-0.15, -0.1) is 0 Å². The van der Waals surface area contributed by atoms with Crippen molar-refractivity contribution in [3.05, 3.63) is 0 Å². The van der Waals surface area contributed by atoms with Crippen LogP contribution in [0.4, 0.5) is 0 Å². The molecule has 1 fully saturated rings. The Morgan fingerprint density at radius 2 is 1.43 bits per heavy atom. The van der Waals surface area contributed by atoms with Crippen molar-refractivity contribution in [1.29, 1.82) is 0 Å². The van der Waals surface area contributed by atoms with Gasteiger partial charge in [-0.2, -0.15) is 0 Å². The van der Waals surface area contributed by atoms with Crippen molar-refractivity contribution in [1.82, 2.24) is 0 Å². The van der Waals surface area contributed by atoms with Crippen molar-refractivity contribution in [3.8, 4) is 0 Å². The van der Waals surface area contributed by atoms with Crippen LogP contribution in [-0.4, -0.2) is 43.4 Å². The maximum Gasteiger partial charge on any atom is 0.441 e. The summed E-state index contributed by atoms with van der Waals surface area (Å²) >= 11 is 0. The Labute approximate surface area is 131 Å². The lowest BCUT2D eigenvalue weighted by Gasteiger charge is -2.34. The molecule has 1 rings (SSSR count). The minimum absolute atomic E-state index is 0.108. The zero-order chi connectivity index (χ0) is 16.4. The molecule has 3 atom stereocenters. The van der Waals surface area contributed by atoms with E-state index < -0.39 is 11.7 Å². The molecule has 1 N–H and O–H groups in total. The Morgan fingerprint density at radius 1 is 1.00 bits per heavy atom. The molecule has 1 aliphatic heterocycles. The molecule has 0 amide bonds. The molecule has 0 aromatic rings. The first-order valence-electron chi connectivity index (χ1n) is 8.19. The second-order valence-electron chi connectivity index (χ2n) is 7.72. The fourth-order valence-corrected chi connectivity index (χ4v) is 2.86. The highest BCUT2D eigenvalue weighted by Crippen LogP contribution is 2.29. The van der Waals surface area contributed by atoms with Gasteiger partial charge in [-0.3, -0.25) is 0 Å². The molecule has 0 aromatic heterocycles. The lowest BCUT2D eigenvalue weighted by Crippen LogP contribution is -2.46. The predicted octanol–water partition coefficient (Wildman–Crippen LogP) is 2.23. The Bertz CT molecular complexity index is 305. The molecule has 6 heteroatoms. The average Bonchev–Trinajstić information content (AvgIpc) is 2.80. The van der Waals surface area contributed by atoms with Gasteiger partial charge in [-0.05, 0) is 31.6 Å². The number of hydrogen-bond acceptors (Lipinski definition) is 4. The van der Waals surface area contributed by atoms with E-state index in [-0.39, 0.29) is 25.1 Å². The van der Waals surface area contributed by atoms with Crippen molar-refractivity contribution in [2.75, 3.05) is 0 Å². The summed E-state index contributed by atoms with van der Waals surface area (Å²) in [6.07, 6.45) is -0.297. The number of hydrogen-bond donors (Lipinski definition) is 1. The van der Waals surface area contributed by atoms with E-state index in [9.17, 15) is 5.11 Å². The topological polar surface area (TPSA) is 47.9 Å². The normalized spacial score (nSPS) is 25.2. The van der Waals surface area contributed by atoms with Crippen LogP contribution in [0.5, 0.6) is 0 Å². The third-order valence-electron chi connectivity index (χ3n) is 4.19. The first-order chi connectivity index (χ1) is 9.56. The first kappa shape index (κ1) is 19.0. The van der Waals surface area contributed by atoms with Gasteiger partial charge in [0.15, 0.2) is 0 Å². The molecule has 0 aromatic carbocycles. The highest BCUT2D eigenvalue weighted by molar-refractivity contribution is 7.03. The summed E-state index contributed by atoms with van der Waals surface area (Å²) in [6, 6.07) is 0. The average molecular weight is 298 g/mol. The first-order valence-corrected chi connectivity index (χ1v) is 8.19. The minimum Gasteiger partial charge on any atom is -0.434 e. The Balaban J connectivity index is 2.57. The highest BCUT2D eigenvalue weighted by atomic mass is 16.7. The zero-order valence-corrected chi connectivity index (χ0v) is 14.9. The van der Waals surface area contributed by atoms with Crippen molar-refractivity contribution < 1.29 is 19.1 Å². The molecule has 122 valence electrons. The molecule has 0 saturated carbocycles. The molecule has 21 heavy (non-hydrogen) atoms. The maximum atomic E-state index is 10.2. The van der Waals surface area contributed by atoms with Crippen LogP contribution in [0.2, 0.25) is 0 Å². The van der Waals surface area contributed by atoms with E-state index in [1.165, 1.54) is 0 Å². The molecule has 4 nitrogen and oxygen atoms in total. The van der Waals surface area contributed by atoms with E-state index in [1.54, 1.807) is 0 Å². The second-order valence-corrected chi connectivity index (χ2v) is 7.72. The van der Waals surface area contributed by atoms with Crippen LogP contribution in [-0.2, 0) is 14.0 Å². The number of rotatable bonds is 7. The zero-order valence-electron chi connectivity index (χ0n) is 14.9. The van der Waals surface area contributed by atoms with E-state index in [2.05, 4.69) is 27.7 Å². The van der Waals surface area contributed by atoms with Gasteiger partial charge < -0.3 is 19.1 Å². The van der Waals surface area contributed by atoms with E-state index in [1.807, 2.05) is 27.7 Å². The van der Waals surface area contributed by atoms with Gasteiger partial charge in [0.25, 0.3) is 0 Å². The fraction of sp³-hybridized carbons (Fsp3) is 1.00. The van der Waals surface area contributed by atoms with Crippen molar-refractivity contribution in [2.24, 2.45) is 17.8 Å². The third-order valence-corrected chi connectivity index (χ3v) is 4.19. The lowest BCUT2D eigenvalue weighted by atomic mass is 9.55. The SMILES string of the molecule is CC(C)C1OB(BOC(C)(C)C(O)C(C)C)OC1C(C)C. The summed E-state index contributed by atoms with van der Waals surface area (Å²) in [5.41, 5.74) is -0.607. The predicted molar refractivity (Wildman–Crippen MR) is 88.3 cm³/mol. The summed E-state index contributed by atoms with van der Waals surface area (Å²) in [6.45, 7) is 16.4. The van der Waals surface area contributed by atoms with Crippen molar-refractivity contribution >= 4 is 14.4 Å². The largest absolute Gasteiger partial charge is 0.441 e. The lowest BCUT2D eigenvalue weighted by molar-refractivity contribution is -0.0501. The molecule has 3 unspecified atom stereocenters. The van der Waals surface area contributed by atoms with Crippen LogP contribution < -0.4 is 0 Å². The quantitative estimate of drug-likeness (QED) is 0.732. The van der Waals surface area contributed by atoms with Crippen LogP contribution in [0.1, 0.15) is 55.4 Å². The van der Waals surface area contributed by atoms with Gasteiger partial charge >= 0.3 is 14.4 Å². The second kappa shape index (κ2) is 7.49. The molecule has 1 saturated heterocycles. The summed E-state index contributed by atoms with van der Waals surface area (Å²) in [5, 5.41) is 10.2. The maximum absolute atomic E-state index is 10.2. The van der Waals surface area contributed by atoms with E-state index in [0.29, 0.717) is 19.2 Å².